The summed E-state index contributed by atoms with van der Waals surface area (Å²) < 4.78 is 10.1. The highest BCUT2D eigenvalue weighted by atomic mass is 16.5. The highest BCUT2D eigenvalue weighted by Crippen LogP contribution is 2.23. The Morgan fingerprint density at radius 1 is 1.27 bits per heavy atom. The van der Waals surface area contributed by atoms with Crippen LogP contribution in [0.3, 0.4) is 0 Å². The molecular formula is C11H12N2O2. The van der Waals surface area contributed by atoms with Crippen molar-refractivity contribution in [3.8, 4) is 17.0 Å². The van der Waals surface area contributed by atoms with E-state index in [9.17, 15) is 0 Å². The van der Waals surface area contributed by atoms with Gasteiger partial charge in [0.2, 0.25) is 5.88 Å². The van der Waals surface area contributed by atoms with Crippen LogP contribution in [0, 0.1) is 0 Å². The minimum absolute atomic E-state index is 0.654. The van der Waals surface area contributed by atoms with Gasteiger partial charge in [-0.2, -0.15) is 0 Å². The lowest BCUT2D eigenvalue weighted by Crippen LogP contribution is -1.83. The molecule has 0 saturated carbocycles. The number of nitrogens with one attached hydrogen (secondary N) is 1. The summed E-state index contributed by atoms with van der Waals surface area (Å²) in [4.78, 5) is 0. The van der Waals surface area contributed by atoms with E-state index in [0.29, 0.717) is 5.88 Å². The number of rotatable bonds is 3. The van der Waals surface area contributed by atoms with Gasteiger partial charge in [0, 0.05) is 18.7 Å². The quantitative estimate of drug-likeness (QED) is 0.833. The average Bonchev–Trinajstić information content (AvgIpc) is 2.78. The number of nitrogens with zero attached hydrogens (tertiary/aromatic N) is 1. The van der Waals surface area contributed by atoms with Gasteiger partial charge in [-0.25, -0.2) is 0 Å². The first-order valence-electron chi connectivity index (χ1n) is 4.62. The molecular weight excluding hydrogens is 192 g/mol. The van der Waals surface area contributed by atoms with Gasteiger partial charge in [-0.3, -0.25) is 0 Å². The SMILES string of the molecule is CNc1cc(-c2ccc(OC)cc2)no1. The van der Waals surface area contributed by atoms with Gasteiger partial charge in [0.25, 0.3) is 0 Å². The fraction of sp³-hybridized carbons (Fsp3) is 0.182. The Balaban J connectivity index is 2.28. The van der Waals surface area contributed by atoms with E-state index in [1.54, 1.807) is 14.2 Å². The fourth-order valence-corrected chi connectivity index (χ4v) is 1.29. The van der Waals surface area contributed by atoms with Crippen LogP contribution in [-0.2, 0) is 0 Å². The molecule has 0 radical (unpaired) electrons. The van der Waals surface area contributed by atoms with E-state index >= 15 is 0 Å². The molecule has 2 rings (SSSR count). The molecule has 0 aliphatic heterocycles. The standard InChI is InChI=1S/C11H12N2O2/c1-12-11-7-10(13-15-11)8-3-5-9(14-2)6-4-8/h3-7,12H,1-2H3. The van der Waals surface area contributed by atoms with Crippen LogP contribution in [0.15, 0.2) is 34.9 Å². The average molecular weight is 204 g/mol. The molecule has 1 aromatic carbocycles. The Morgan fingerprint density at radius 3 is 2.53 bits per heavy atom. The second-order valence-electron chi connectivity index (χ2n) is 3.05. The van der Waals surface area contributed by atoms with Crippen molar-refractivity contribution < 1.29 is 9.26 Å². The van der Waals surface area contributed by atoms with Gasteiger partial charge in [-0.05, 0) is 24.3 Å². The monoisotopic (exact) mass is 204 g/mol. The van der Waals surface area contributed by atoms with Crippen LogP contribution >= 0.6 is 0 Å². The lowest BCUT2D eigenvalue weighted by molar-refractivity contribution is 0.415. The lowest BCUT2D eigenvalue weighted by Gasteiger charge is -1.99. The Labute approximate surface area is 87.8 Å². The number of methoxy groups -OCH3 is 1. The zero-order valence-electron chi connectivity index (χ0n) is 8.65. The van der Waals surface area contributed by atoms with Crippen molar-refractivity contribution in [2.45, 2.75) is 0 Å². The maximum Gasteiger partial charge on any atom is 0.225 e. The van der Waals surface area contributed by atoms with Crippen molar-refractivity contribution in [1.82, 2.24) is 5.16 Å². The molecule has 4 nitrogen and oxygen atoms in total. The molecule has 78 valence electrons. The third-order valence-electron chi connectivity index (χ3n) is 2.14. The third kappa shape index (κ3) is 1.93. The van der Waals surface area contributed by atoms with Crippen molar-refractivity contribution in [2.24, 2.45) is 0 Å². The van der Waals surface area contributed by atoms with Crippen molar-refractivity contribution in [2.75, 3.05) is 19.5 Å². The molecule has 1 aromatic heterocycles. The molecule has 1 heterocycles. The zero-order valence-corrected chi connectivity index (χ0v) is 8.65. The van der Waals surface area contributed by atoms with Crippen LogP contribution in [0.4, 0.5) is 5.88 Å². The molecule has 0 atom stereocenters. The first-order valence-corrected chi connectivity index (χ1v) is 4.62. The molecule has 1 N–H and O–H groups in total. The molecule has 0 bridgehead atoms. The van der Waals surface area contributed by atoms with Crippen LogP contribution < -0.4 is 10.1 Å². The minimum Gasteiger partial charge on any atom is -0.497 e. The zero-order chi connectivity index (χ0) is 10.7. The molecule has 0 unspecified atom stereocenters. The molecule has 0 fully saturated rings. The predicted octanol–water partition coefficient (Wildman–Crippen LogP) is 2.39. The van der Waals surface area contributed by atoms with E-state index in [-0.39, 0.29) is 0 Å². The van der Waals surface area contributed by atoms with Gasteiger partial charge < -0.3 is 14.6 Å². The van der Waals surface area contributed by atoms with Crippen molar-refractivity contribution >= 4 is 5.88 Å². The Hall–Kier alpha value is -1.97. The summed E-state index contributed by atoms with van der Waals surface area (Å²) in [6.45, 7) is 0. The second-order valence-corrected chi connectivity index (χ2v) is 3.05. The molecule has 2 aromatic rings. The topological polar surface area (TPSA) is 47.3 Å². The summed E-state index contributed by atoms with van der Waals surface area (Å²) in [7, 11) is 3.43. The van der Waals surface area contributed by atoms with Crippen LogP contribution in [-0.4, -0.2) is 19.3 Å². The van der Waals surface area contributed by atoms with Crippen molar-refractivity contribution in [3.63, 3.8) is 0 Å². The van der Waals surface area contributed by atoms with Gasteiger partial charge in [0.05, 0.1) is 7.11 Å². The number of hydrogen-bond acceptors (Lipinski definition) is 4. The van der Waals surface area contributed by atoms with Crippen LogP contribution in [0.5, 0.6) is 5.75 Å². The van der Waals surface area contributed by atoms with Crippen LogP contribution in [0.1, 0.15) is 0 Å². The molecule has 0 aliphatic carbocycles. The number of anilines is 1. The van der Waals surface area contributed by atoms with Crippen molar-refractivity contribution in [3.05, 3.63) is 30.3 Å². The summed E-state index contributed by atoms with van der Waals surface area (Å²) in [5.74, 6) is 1.48. The smallest absolute Gasteiger partial charge is 0.225 e. The summed E-state index contributed by atoms with van der Waals surface area (Å²) >= 11 is 0. The van der Waals surface area contributed by atoms with E-state index in [1.807, 2.05) is 30.3 Å². The van der Waals surface area contributed by atoms with E-state index < -0.39 is 0 Å². The van der Waals surface area contributed by atoms with Gasteiger partial charge >= 0.3 is 0 Å². The summed E-state index contributed by atoms with van der Waals surface area (Å²) in [5.41, 5.74) is 1.81. The summed E-state index contributed by atoms with van der Waals surface area (Å²) in [5, 5.41) is 6.82. The van der Waals surface area contributed by atoms with Gasteiger partial charge in [0.15, 0.2) is 0 Å². The largest absolute Gasteiger partial charge is 0.497 e. The Kier molecular flexibility index (Phi) is 2.58. The number of ether oxygens (including phenoxy) is 1. The number of hydrogen-bond donors (Lipinski definition) is 1. The normalized spacial score (nSPS) is 10.0. The molecule has 15 heavy (non-hydrogen) atoms. The lowest BCUT2D eigenvalue weighted by atomic mass is 10.1. The third-order valence-corrected chi connectivity index (χ3v) is 2.14. The Bertz CT molecular complexity index is 434. The van der Waals surface area contributed by atoms with Gasteiger partial charge in [0.1, 0.15) is 11.4 Å². The van der Waals surface area contributed by atoms with Crippen LogP contribution in [0.2, 0.25) is 0 Å². The van der Waals surface area contributed by atoms with E-state index in [0.717, 1.165) is 17.0 Å². The predicted molar refractivity (Wildman–Crippen MR) is 58.0 cm³/mol. The minimum atomic E-state index is 0.654. The summed E-state index contributed by atoms with van der Waals surface area (Å²) in [6, 6.07) is 9.51. The highest BCUT2D eigenvalue weighted by molar-refractivity contribution is 5.62. The van der Waals surface area contributed by atoms with E-state index in [2.05, 4.69) is 10.5 Å². The molecule has 0 spiro atoms. The highest BCUT2D eigenvalue weighted by Gasteiger charge is 2.04. The van der Waals surface area contributed by atoms with E-state index in [4.69, 9.17) is 9.26 Å². The molecule has 0 amide bonds. The first kappa shape index (κ1) is 9.58. The maximum atomic E-state index is 5.08. The first-order chi connectivity index (χ1) is 7.33. The number of aromatic nitrogens is 1. The molecule has 0 aliphatic rings. The number of benzene rings is 1. The van der Waals surface area contributed by atoms with E-state index in [1.165, 1.54) is 0 Å². The Morgan fingerprint density at radius 2 is 2.00 bits per heavy atom. The van der Waals surface area contributed by atoms with Gasteiger partial charge in [-0.15, -0.1) is 0 Å². The van der Waals surface area contributed by atoms with Crippen LogP contribution in [0.25, 0.3) is 11.3 Å². The summed E-state index contributed by atoms with van der Waals surface area (Å²) in [6.07, 6.45) is 0. The maximum absolute atomic E-state index is 5.08. The fourth-order valence-electron chi connectivity index (χ4n) is 1.29. The molecule has 0 saturated heterocycles. The van der Waals surface area contributed by atoms with Crippen molar-refractivity contribution in [1.29, 1.82) is 0 Å². The van der Waals surface area contributed by atoms with Gasteiger partial charge in [-0.1, -0.05) is 5.16 Å². The molecule has 4 heteroatoms. The second kappa shape index (κ2) is 4.04.